The number of nitrogens with two attached hydrogens (primary N) is 1. The van der Waals surface area contributed by atoms with Crippen LogP contribution < -0.4 is 32.3 Å². The molecule has 1 fully saturated rings. The number of nitro groups is 1. The molecule has 7 N–H and O–H groups in total. The van der Waals surface area contributed by atoms with E-state index >= 15 is 0 Å². The number of rotatable bonds is 8. The smallest absolute Gasteiger partial charge is 0.269 e. The quantitative estimate of drug-likeness (QED) is 0.158. The van der Waals surface area contributed by atoms with Crippen LogP contribution in [0.15, 0.2) is 59.2 Å². The lowest BCUT2D eigenvalue weighted by molar-refractivity contribution is -0.384. The van der Waals surface area contributed by atoms with Crippen LogP contribution in [0.5, 0.6) is 0 Å². The van der Waals surface area contributed by atoms with Crippen LogP contribution in [0.4, 0.5) is 5.69 Å². The number of nitrogens with one attached hydrogen (secondary N) is 5. The number of primary amides is 1. The lowest BCUT2D eigenvalue weighted by atomic mass is 10.0. The van der Waals surface area contributed by atoms with Crippen LogP contribution in [0.25, 0.3) is 0 Å². The maximum absolute atomic E-state index is 13.7. The number of nitro benzene ring substituents is 1. The van der Waals surface area contributed by atoms with Crippen molar-refractivity contribution in [3.05, 3.63) is 76.3 Å². The Morgan fingerprint density at radius 1 is 0.826 bits per heavy atom. The van der Waals surface area contributed by atoms with E-state index in [0.717, 1.165) is 25.0 Å². The average molecular weight is 638 g/mol. The normalized spacial score (nSPS) is 24.2. The van der Waals surface area contributed by atoms with Gasteiger partial charge in [-0.15, -0.1) is 0 Å². The fourth-order valence-corrected chi connectivity index (χ4v) is 4.84. The molecule has 1 aromatic heterocycles. The third-order valence-corrected chi connectivity index (χ3v) is 7.52. The molecule has 2 heterocycles. The summed E-state index contributed by atoms with van der Waals surface area (Å²) in [7, 11) is 0. The van der Waals surface area contributed by atoms with Gasteiger partial charge in [-0.25, -0.2) is 0 Å². The first-order chi connectivity index (χ1) is 22.0. The van der Waals surface area contributed by atoms with E-state index in [1.165, 1.54) is 30.5 Å². The number of carbonyl (C=O) groups excluding carboxylic acids is 6. The van der Waals surface area contributed by atoms with Crippen molar-refractivity contribution >= 4 is 41.1 Å². The summed E-state index contributed by atoms with van der Waals surface area (Å²) >= 11 is 0. The average Bonchev–Trinajstić information content (AvgIpc) is 3.69. The van der Waals surface area contributed by atoms with Gasteiger partial charge in [-0.3, -0.25) is 38.9 Å². The lowest BCUT2D eigenvalue weighted by Gasteiger charge is -2.25. The number of carbonyl (C=O) groups is 6. The molecule has 0 radical (unpaired) electrons. The molecule has 0 saturated heterocycles. The highest BCUT2D eigenvalue weighted by Crippen LogP contribution is 2.33. The monoisotopic (exact) mass is 637 g/mol. The van der Waals surface area contributed by atoms with E-state index in [9.17, 15) is 38.9 Å². The molecule has 16 nitrogen and oxygen atoms in total. The Bertz CT molecular complexity index is 1490. The van der Waals surface area contributed by atoms with Crippen molar-refractivity contribution in [2.75, 3.05) is 6.54 Å². The Hall–Kier alpha value is -5.54. The molecule has 0 bridgehead atoms. The van der Waals surface area contributed by atoms with Gasteiger partial charge in [0.2, 0.25) is 35.4 Å². The summed E-state index contributed by atoms with van der Waals surface area (Å²) in [6.45, 7) is -0.140. The number of hydrogen-bond donors (Lipinski definition) is 6. The second kappa shape index (κ2) is 15.5. The molecule has 4 atom stereocenters. The van der Waals surface area contributed by atoms with Crippen molar-refractivity contribution in [2.45, 2.75) is 62.7 Å². The summed E-state index contributed by atoms with van der Waals surface area (Å²) in [5.41, 5.74) is 5.75. The minimum atomic E-state index is -1.23. The Balaban J connectivity index is 1.64. The van der Waals surface area contributed by atoms with E-state index in [1.807, 2.05) is 0 Å². The highest BCUT2D eigenvalue weighted by Gasteiger charge is 2.34. The largest absolute Gasteiger partial charge is 0.469 e. The van der Waals surface area contributed by atoms with Crippen LogP contribution in [0.2, 0.25) is 0 Å². The lowest BCUT2D eigenvalue weighted by Crippen LogP contribution is -2.58. The molecular weight excluding hydrogens is 602 g/mol. The number of nitrogens with zero attached hydrogens (tertiary/aromatic N) is 1. The van der Waals surface area contributed by atoms with Gasteiger partial charge in [-0.2, -0.15) is 0 Å². The maximum atomic E-state index is 13.7. The molecule has 0 unspecified atom stereocenters. The summed E-state index contributed by atoms with van der Waals surface area (Å²) in [4.78, 5) is 88.2. The first-order valence-electron chi connectivity index (χ1n) is 14.7. The van der Waals surface area contributed by atoms with Gasteiger partial charge in [0.1, 0.15) is 29.9 Å². The van der Waals surface area contributed by atoms with Gasteiger partial charge in [0.05, 0.1) is 11.2 Å². The minimum absolute atomic E-state index is 0.0824. The van der Waals surface area contributed by atoms with Crippen LogP contribution in [0.3, 0.4) is 0 Å². The van der Waals surface area contributed by atoms with Gasteiger partial charge >= 0.3 is 0 Å². The molecule has 4 rings (SSSR count). The van der Waals surface area contributed by atoms with E-state index in [1.54, 1.807) is 12.1 Å². The number of amides is 6. The topological polar surface area (TPSA) is 245 Å². The summed E-state index contributed by atoms with van der Waals surface area (Å²) in [6, 6.07) is 3.94. The number of furan rings is 1. The van der Waals surface area contributed by atoms with Gasteiger partial charge < -0.3 is 36.7 Å². The predicted molar refractivity (Wildman–Crippen MR) is 160 cm³/mol. The molecule has 46 heavy (non-hydrogen) atoms. The van der Waals surface area contributed by atoms with Crippen LogP contribution in [0, 0.1) is 16.0 Å². The Morgan fingerprint density at radius 3 is 2.04 bits per heavy atom. The summed E-state index contributed by atoms with van der Waals surface area (Å²) in [5.74, 6) is -3.91. The number of benzene rings is 1. The van der Waals surface area contributed by atoms with Crippen LogP contribution in [0.1, 0.15) is 37.0 Å². The fraction of sp³-hybridized carbons (Fsp3) is 0.400. The van der Waals surface area contributed by atoms with Crippen molar-refractivity contribution < 1.29 is 38.1 Å². The van der Waals surface area contributed by atoms with E-state index in [0.29, 0.717) is 17.7 Å². The molecule has 1 aliphatic carbocycles. The molecule has 6 amide bonds. The standard InChI is InChI=1S/C30H35N7O9/c31-27(40)21-11-12-32-28(41)22(14-18-5-7-19(8-6-18)37(44)45)35-30(43)24(16-20-2-1-13-46-20)36-29(42)23(15-17-3-4-17)34-26(39)10-9-25(38)33-21/h1-2,5-10,13,17,21-24H,3-4,11-12,14-16H2,(H2,31,40)(H,32,41)(H,33,38)(H,34,39)(H,35,43)(H,36,42)/b10-9+/t21-,22-,23-,24-/m0/s1. The highest BCUT2D eigenvalue weighted by molar-refractivity contribution is 6.00. The Labute approximate surface area is 263 Å². The molecular formula is C30H35N7O9. The van der Waals surface area contributed by atoms with E-state index in [4.69, 9.17) is 10.2 Å². The molecule has 2 aliphatic rings. The second-order valence-electron chi connectivity index (χ2n) is 11.2. The first-order valence-corrected chi connectivity index (χ1v) is 14.7. The van der Waals surface area contributed by atoms with Crippen LogP contribution in [-0.2, 0) is 41.6 Å². The van der Waals surface area contributed by atoms with Gasteiger partial charge in [0.25, 0.3) is 5.69 Å². The number of non-ortho nitro benzene ring substituents is 1. The van der Waals surface area contributed by atoms with Crippen LogP contribution >= 0.6 is 0 Å². The number of hydrogen-bond acceptors (Lipinski definition) is 9. The molecule has 1 aromatic carbocycles. The summed E-state index contributed by atoms with van der Waals surface area (Å²) in [6.07, 6.45) is 4.96. The van der Waals surface area contributed by atoms with E-state index in [2.05, 4.69) is 26.6 Å². The summed E-state index contributed by atoms with van der Waals surface area (Å²) < 4.78 is 5.40. The van der Waals surface area contributed by atoms with E-state index in [-0.39, 0.29) is 37.4 Å². The van der Waals surface area contributed by atoms with Crippen molar-refractivity contribution in [2.24, 2.45) is 11.7 Å². The third-order valence-electron chi connectivity index (χ3n) is 7.52. The Morgan fingerprint density at radius 2 is 1.46 bits per heavy atom. The van der Waals surface area contributed by atoms with Crippen molar-refractivity contribution in [1.29, 1.82) is 0 Å². The zero-order valence-electron chi connectivity index (χ0n) is 24.7. The zero-order chi connectivity index (χ0) is 33.2. The minimum Gasteiger partial charge on any atom is -0.469 e. The zero-order valence-corrected chi connectivity index (χ0v) is 24.7. The predicted octanol–water partition coefficient (Wildman–Crippen LogP) is -0.726. The SMILES string of the molecule is NC(=O)[C@@H]1CCNC(=O)[C@H](Cc2ccc([N+](=O)[O-])cc2)NC(=O)[C@H](Cc2ccco2)NC(=O)[C@H](CC2CC2)NC(=O)/C=C/C(=O)N1. The van der Waals surface area contributed by atoms with Gasteiger partial charge in [0, 0.05) is 43.7 Å². The van der Waals surface area contributed by atoms with Gasteiger partial charge in [-0.05, 0) is 36.5 Å². The molecule has 1 saturated carbocycles. The van der Waals surface area contributed by atoms with Crippen molar-refractivity contribution in [1.82, 2.24) is 26.6 Å². The van der Waals surface area contributed by atoms with Crippen molar-refractivity contribution in [3.63, 3.8) is 0 Å². The van der Waals surface area contributed by atoms with E-state index < -0.39 is 64.5 Å². The molecule has 2 aromatic rings. The maximum Gasteiger partial charge on any atom is 0.269 e. The van der Waals surface area contributed by atoms with Crippen LogP contribution in [-0.4, -0.2) is 71.1 Å². The fourth-order valence-electron chi connectivity index (χ4n) is 4.84. The highest BCUT2D eigenvalue weighted by atomic mass is 16.6. The van der Waals surface area contributed by atoms with Gasteiger partial charge in [0.15, 0.2) is 0 Å². The summed E-state index contributed by atoms with van der Waals surface area (Å²) in [5, 5.41) is 24.0. The molecule has 0 spiro atoms. The van der Waals surface area contributed by atoms with Gasteiger partial charge in [-0.1, -0.05) is 25.0 Å². The second-order valence-corrected chi connectivity index (χ2v) is 11.2. The first kappa shape index (κ1) is 33.4. The molecule has 244 valence electrons. The van der Waals surface area contributed by atoms with Crippen molar-refractivity contribution in [3.8, 4) is 0 Å². The Kier molecular flexibility index (Phi) is 11.2. The third kappa shape index (κ3) is 10.0. The molecule has 1 aliphatic heterocycles. The molecule has 16 heteroatoms.